The highest BCUT2D eigenvalue weighted by Gasteiger charge is 2.45. The van der Waals surface area contributed by atoms with Gasteiger partial charge in [0.15, 0.2) is 0 Å². The lowest BCUT2D eigenvalue weighted by Crippen LogP contribution is -2.55. The van der Waals surface area contributed by atoms with Crippen LogP contribution in [0.3, 0.4) is 0 Å². The summed E-state index contributed by atoms with van der Waals surface area (Å²) in [6.07, 6.45) is 2.66. The second kappa shape index (κ2) is 7.50. The number of carbonyl (C=O) groups excluding carboxylic acids is 4. The standard InChI is InChI=1S/C22H21N3O4/c26-15-22(12-6-10-17-9-4-5-11-18(17)22)23-20(28)25-19(27)14-24(21(25)29)13-16-7-2-1-3-8-16/h1-5,7-9,11,15H,6,10,12-14H2,(H,23,28). The third-order valence-electron chi connectivity index (χ3n) is 5.50. The summed E-state index contributed by atoms with van der Waals surface area (Å²) in [5.74, 6) is -0.603. The highest BCUT2D eigenvalue weighted by molar-refractivity contribution is 6.15. The number of aryl methyl sites for hydroxylation is 1. The van der Waals surface area contributed by atoms with Crippen molar-refractivity contribution in [2.24, 2.45) is 0 Å². The van der Waals surface area contributed by atoms with Crippen LogP contribution in [0.15, 0.2) is 54.6 Å². The van der Waals surface area contributed by atoms with E-state index in [1.807, 2.05) is 48.5 Å². The number of aldehydes is 1. The molecule has 2 aromatic carbocycles. The molecule has 148 valence electrons. The normalized spacial score (nSPS) is 21.1. The van der Waals surface area contributed by atoms with Gasteiger partial charge in [-0.1, -0.05) is 54.6 Å². The molecular weight excluding hydrogens is 370 g/mol. The predicted octanol–water partition coefficient (Wildman–Crippen LogP) is 2.59. The molecule has 1 aliphatic heterocycles. The number of fused-ring (bicyclic) bond motifs is 1. The van der Waals surface area contributed by atoms with Gasteiger partial charge in [-0.25, -0.2) is 9.59 Å². The highest BCUT2D eigenvalue weighted by atomic mass is 16.2. The SMILES string of the molecule is O=CC1(NC(=O)N2C(=O)CN(Cc3ccccc3)C2=O)CCCc2ccccc21. The Labute approximate surface area is 168 Å². The molecule has 1 atom stereocenters. The first kappa shape index (κ1) is 18.9. The van der Waals surface area contributed by atoms with Crippen LogP contribution in [0.2, 0.25) is 0 Å². The van der Waals surface area contributed by atoms with Crippen molar-refractivity contribution >= 4 is 24.3 Å². The van der Waals surface area contributed by atoms with Gasteiger partial charge in [0.1, 0.15) is 18.4 Å². The lowest BCUT2D eigenvalue weighted by Gasteiger charge is -2.35. The number of imide groups is 3. The largest absolute Gasteiger partial charge is 0.335 e. The number of nitrogens with one attached hydrogen (secondary N) is 1. The number of carbonyl (C=O) groups is 4. The Morgan fingerprint density at radius 3 is 2.55 bits per heavy atom. The van der Waals surface area contributed by atoms with Crippen LogP contribution in [0.5, 0.6) is 0 Å². The van der Waals surface area contributed by atoms with Gasteiger partial charge >= 0.3 is 12.1 Å². The second-order valence-corrected chi connectivity index (χ2v) is 7.38. The first-order valence-electron chi connectivity index (χ1n) is 9.57. The van der Waals surface area contributed by atoms with E-state index in [0.29, 0.717) is 17.6 Å². The molecule has 0 aromatic heterocycles. The summed E-state index contributed by atoms with van der Waals surface area (Å²) in [4.78, 5) is 52.0. The maximum Gasteiger partial charge on any atom is 0.335 e. The maximum absolute atomic E-state index is 12.9. The van der Waals surface area contributed by atoms with Crippen molar-refractivity contribution in [3.8, 4) is 0 Å². The molecule has 2 aliphatic rings. The molecule has 1 N–H and O–H groups in total. The van der Waals surface area contributed by atoms with E-state index in [2.05, 4.69) is 5.32 Å². The summed E-state index contributed by atoms with van der Waals surface area (Å²) in [6, 6.07) is 15.1. The average Bonchev–Trinajstić information content (AvgIpc) is 3.02. The van der Waals surface area contributed by atoms with Crippen LogP contribution in [0.25, 0.3) is 0 Å². The van der Waals surface area contributed by atoms with Gasteiger partial charge in [0.05, 0.1) is 0 Å². The average molecular weight is 391 g/mol. The fraction of sp³-hybridized carbons (Fsp3) is 0.273. The Morgan fingerprint density at radius 2 is 1.79 bits per heavy atom. The van der Waals surface area contributed by atoms with E-state index >= 15 is 0 Å². The Bertz CT molecular complexity index is 975. The van der Waals surface area contributed by atoms with E-state index in [1.54, 1.807) is 6.07 Å². The number of urea groups is 2. The van der Waals surface area contributed by atoms with Gasteiger partial charge < -0.3 is 15.0 Å². The van der Waals surface area contributed by atoms with Crippen molar-refractivity contribution in [2.45, 2.75) is 31.3 Å². The molecule has 1 saturated heterocycles. The fourth-order valence-electron chi connectivity index (χ4n) is 4.07. The van der Waals surface area contributed by atoms with E-state index in [1.165, 1.54) is 4.90 Å². The van der Waals surface area contributed by atoms with Gasteiger partial charge in [0, 0.05) is 6.54 Å². The molecule has 1 aliphatic carbocycles. The maximum atomic E-state index is 12.9. The summed E-state index contributed by atoms with van der Waals surface area (Å²) in [7, 11) is 0. The zero-order valence-electron chi connectivity index (χ0n) is 15.8. The number of rotatable bonds is 4. The summed E-state index contributed by atoms with van der Waals surface area (Å²) in [5.41, 5.74) is 1.33. The summed E-state index contributed by atoms with van der Waals surface area (Å²) < 4.78 is 0. The zero-order chi connectivity index (χ0) is 20.4. The van der Waals surface area contributed by atoms with Gasteiger partial charge in [-0.15, -0.1) is 0 Å². The quantitative estimate of drug-likeness (QED) is 0.641. The molecule has 7 heteroatoms. The molecule has 7 nitrogen and oxygen atoms in total. The minimum Gasteiger partial charge on any atom is -0.321 e. The van der Waals surface area contributed by atoms with Crippen molar-refractivity contribution in [3.05, 3.63) is 71.3 Å². The Balaban J connectivity index is 1.54. The van der Waals surface area contributed by atoms with Crippen LogP contribution in [-0.2, 0) is 28.1 Å². The number of hydrogen-bond donors (Lipinski definition) is 1. The van der Waals surface area contributed by atoms with Crippen molar-refractivity contribution in [2.75, 3.05) is 6.54 Å². The van der Waals surface area contributed by atoms with Crippen LogP contribution in [-0.4, -0.2) is 40.6 Å². The van der Waals surface area contributed by atoms with Crippen molar-refractivity contribution < 1.29 is 19.2 Å². The molecular formula is C22H21N3O4. The van der Waals surface area contributed by atoms with E-state index in [4.69, 9.17) is 0 Å². The fourth-order valence-corrected chi connectivity index (χ4v) is 4.07. The third-order valence-corrected chi connectivity index (χ3v) is 5.50. The van der Waals surface area contributed by atoms with E-state index in [9.17, 15) is 19.2 Å². The van der Waals surface area contributed by atoms with Gasteiger partial charge in [-0.05, 0) is 36.0 Å². The number of nitrogens with zero attached hydrogens (tertiary/aromatic N) is 2. The van der Waals surface area contributed by atoms with Crippen LogP contribution < -0.4 is 5.32 Å². The smallest absolute Gasteiger partial charge is 0.321 e. The monoisotopic (exact) mass is 391 g/mol. The summed E-state index contributed by atoms with van der Waals surface area (Å²) in [5, 5.41) is 2.68. The van der Waals surface area contributed by atoms with Gasteiger partial charge in [0.25, 0.3) is 5.91 Å². The van der Waals surface area contributed by atoms with E-state index < -0.39 is 23.5 Å². The summed E-state index contributed by atoms with van der Waals surface area (Å²) in [6.45, 7) is 0.0582. The van der Waals surface area contributed by atoms with Crippen LogP contribution in [0.4, 0.5) is 9.59 Å². The Hall–Kier alpha value is -3.48. The minimum absolute atomic E-state index is 0.175. The molecule has 0 radical (unpaired) electrons. The molecule has 0 saturated carbocycles. The van der Waals surface area contributed by atoms with Crippen LogP contribution in [0.1, 0.15) is 29.5 Å². The van der Waals surface area contributed by atoms with Crippen LogP contribution >= 0.6 is 0 Å². The van der Waals surface area contributed by atoms with Gasteiger partial charge in [0.2, 0.25) is 0 Å². The number of hydrogen-bond acceptors (Lipinski definition) is 4. The lowest BCUT2D eigenvalue weighted by molar-refractivity contribution is -0.123. The van der Waals surface area contributed by atoms with E-state index in [-0.39, 0.29) is 13.1 Å². The number of benzene rings is 2. The molecule has 1 heterocycles. The second-order valence-electron chi connectivity index (χ2n) is 7.38. The molecule has 0 spiro atoms. The Kier molecular flexibility index (Phi) is 4.88. The van der Waals surface area contributed by atoms with Crippen molar-refractivity contribution in [1.82, 2.24) is 15.1 Å². The van der Waals surface area contributed by atoms with Crippen LogP contribution in [0, 0.1) is 0 Å². The molecule has 1 unspecified atom stereocenters. The molecule has 5 amide bonds. The van der Waals surface area contributed by atoms with Crippen molar-refractivity contribution in [3.63, 3.8) is 0 Å². The van der Waals surface area contributed by atoms with Gasteiger partial charge in [-0.2, -0.15) is 4.90 Å². The first-order valence-corrected chi connectivity index (χ1v) is 9.57. The number of amides is 5. The predicted molar refractivity (Wildman–Crippen MR) is 105 cm³/mol. The van der Waals surface area contributed by atoms with Crippen molar-refractivity contribution in [1.29, 1.82) is 0 Å². The topological polar surface area (TPSA) is 86.8 Å². The lowest BCUT2D eigenvalue weighted by atomic mass is 9.77. The summed E-state index contributed by atoms with van der Waals surface area (Å²) >= 11 is 0. The zero-order valence-corrected chi connectivity index (χ0v) is 15.8. The first-order chi connectivity index (χ1) is 14.0. The minimum atomic E-state index is -1.24. The molecule has 4 rings (SSSR count). The Morgan fingerprint density at radius 1 is 1.07 bits per heavy atom. The molecule has 0 bridgehead atoms. The highest BCUT2D eigenvalue weighted by Crippen LogP contribution is 2.34. The molecule has 2 aromatic rings. The molecule has 29 heavy (non-hydrogen) atoms. The van der Waals surface area contributed by atoms with Gasteiger partial charge in [-0.3, -0.25) is 4.79 Å². The third kappa shape index (κ3) is 3.40. The molecule has 1 fully saturated rings. The van der Waals surface area contributed by atoms with E-state index in [0.717, 1.165) is 29.5 Å².